The van der Waals surface area contributed by atoms with E-state index in [0.717, 1.165) is 17.7 Å². The van der Waals surface area contributed by atoms with Gasteiger partial charge < -0.3 is 16.0 Å². The molecule has 3 rings (SSSR count). The van der Waals surface area contributed by atoms with Crippen LogP contribution in [0.1, 0.15) is 53.4 Å². The van der Waals surface area contributed by atoms with E-state index in [-0.39, 0.29) is 23.8 Å². The van der Waals surface area contributed by atoms with Crippen LogP contribution in [0.3, 0.4) is 0 Å². The number of nitrogens with one attached hydrogen (secondary N) is 3. The number of anilines is 2. The molecule has 1 spiro atoms. The number of carbonyl (C=O) groups is 4. The van der Waals surface area contributed by atoms with Crippen molar-refractivity contribution in [1.82, 2.24) is 10.2 Å². The summed E-state index contributed by atoms with van der Waals surface area (Å²) in [5, 5.41) is 8.18. The first kappa shape index (κ1) is 23.2. The van der Waals surface area contributed by atoms with Gasteiger partial charge in [0.15, 0.2) is 0 Å². The molecule has 9 heteroatoms. The molecule has 8 nitrogen and oxygen atoms in total. The van der Waals surface area contributed by atoms with Crippen LogP contribution >= 0.6 is 15.9 Å². The van der Waals surface area contributed by atoms with Gasteiger partial charge in [0, 0.05) is 11.4 Å². The average Bonchev–Trinajstić information content (AvgIpc) is 2.87. The number of benzene rings is 1. The summed E-state index contributed by atoms with van der Waals surface area (Å²) in [6.45, 7) is 7.56. The van der Waals surface area contributed by atoms with Crippen LogP contribution in [0.4, 0.5) is 16.2 Å². The Kier molecular flexibility index (Phi) is 6.45. The second-order valence-corrected chi connectivity index (χ2v) is 10.4. The van der Waals surface area contributed by atoms with Gasteiger partial charge in [-0.05, 0) is 55.2 Å². The SMILES string of the molecule is CC(=O)Nc1ccc(Br)cc1NC(=O)CN1C(=O)NC2(CCC(C(C)(C)C)CC2)C1=O. The highest BCUT2D eigenvalue weighted by Crippen LogP contribution is 2.43. The Morgan fingerprint density at radius 3 is 2.39 bits per heavy atom. The Morgan fingerprint density at radius 1 is 1.16 bits per heavy atom. The highest BCUT2D eigenvalue weighted by molar-refractivity contribution is 9.10. The maximum atomic E-state index is 13.1. The molecule has 1 aromatic carbocycles. The van der Waals surface area contributed by atoms with Crippen LogP contribution < -0.4 is 16.0 Å². The van der Waals surface area contributed by atoms with Crippen LogP contribution in [0.15, 0.2) is 22.7 Å². The molecule has 0 radical (unpaired) electrons. The molecule has 31 heavy (non-hydrogen) atoms. The van der Waals surface area contributed by atoms with Crippen LogP contribution in [0.2, 0.25) is 0 Å². The first-order valence-corrected chi connectivity index (χ1v) is 11.2. The molecule has 1 heterocycles. The first-order valence-electron chi connectivity index (χ1n) is 10.4. The summed E-state index contributed by atoms with van der Waals surface area (Å²) in [5.74, 6) is -0.645. The Morgan fingerprint density at radius 2 is 1.81 bits per heavy atom. The van der Waals surface area contributed by atoms with E-state index >= 15 is 0 Å². The van der Waals surface area contributed by atoms with Crippen molar-refractivity contribution >= 4 is 51.1 Å². The minimum absolute atomic E-state index is 0.155. The van der Waals surface area contributed by atoms with Gasteiger partial charge in [-0.1, -0.05) is 36.7 Å². The van der Waals surface area contributed by atoms with Gasteiger partial charge in [0.2, 0.25) is 11.8 Å². The lowest BCUT2D eigenvalue weighted by Gasteiger charge is -2.40. The summed E-state index contributed by atoms with van der Waals surface area (Å²) in [5.41, 5.74) is 0.0544. The van der Waals surface area contributed by atoms with Gasteiger partial charge in [-0.2, -0.15) is 0 Å². The number of imide groups is 1. The van der Waals surface area contributed by atoms with E-state index in [4.69, 9.17) is 0 Å². The molecule has 1 aromatic rings. The number of hydrogen-bond donors (Lipinski definition) is 3. The molecular formula is C22H29BrN4O4. The molecule has 0 unspecified atom stereocenters. The molecule has 2 fully saturated rings. The Balaban J connectivity index is 1.68. The molecule has 1 saturated carbocycles. The van der Waals surface area contributed by atoms with E-state index in [0.29, 0.717) is 34.6 Å². The van der Waals surface area contributed by atoms with Crippen molar-refractivity contribution in [2.24, 2.45) is 11.3 Å². The topological polar surface area (TPSA) is 108 Å². The summed E-state index contributed by atoms with van der Waals surface area (Å²) in [7, 11) is 0. The van der Waals surface area contributed by atoms with Crippen LogP contribution in [-0.2, 0) is 14.4 Å². The van der Waals surface area contributed by atoms with Gasteiger partial charge >= 0.3 is 6.03 Å². The lowest BCUT2D eigenvalue weighted by atomic mass is 9.67. The number of carbonyl (C=O) groups excluding carboxylic acids is 4. The fourth-order valence-corrected chi connectivity index (χ4v) is 4.75. The van der Waals surface area contributed by atoms with E-state index in [1.807, 2.05) is 0 Å². The largest absolute Gasteiger partial charge is 0.325 e. The maximum absolute atomic E-state index is 13.1. The van der Waals surface area contributed by atoms with Crippen molar-refractivity contribution < 1.29 is 19.2 Å². The second-order valence-electron chi connectivity index (χ2n) is 9.46. The molecule has 5 amide bonds. The predicted molar refractivity (Wildman–Crippen MR) is 121 cm³/mol. The fourth-order valence-electron chi connectivity index (χ4n) is 4.39. The van der Waals surface area contributed by atoms with E-state index in [1.165, 1.54) is 6.92 Å². The molecule has 168 valence electrons. The number of hydrogen-bond acceptors (Lipinski definition) is 4. The Hall–Kier alpha value is -2.42. The molecular weight excluding hydrogens is 464 g/mol. The molecule has 1 saturated heterocycles. The highest BCUT2D eigenvalue weighted by Gasteiger charge is 2.53. The number of halogens is 1. The van der Waals surface area contributed by atoms with Crippen molar-refractivity contribution in [2.75, 3.05) is 17.2 Å². The summed E-state index contributed by atoms with van der Waals surface area (Å²) >= 11 is 3.33. The Labute approximate surface area is 190 Å². The summed E-state index contributed by atoms with van der Waals surface area (Å²) < 4.78 is 0.710. The lowest BCUT2D eigenvalue weighted by Crippen LogP contribution is -2.51. The average molecular weight is 493 g/mol. The highest BCUT2D eigenvalue weighted by atomic mass is 79.9. The lowest BCUT2D eigenvalue weighted by molar-refractivity contribution is -0.135. The molecule has 1 aliphatic carbocycles. The van der Waals surface area contributed by atoms with Crippen LogP contribution in [0.5, 0.6) is 0 Å². The predicted octanol–water partition coefficient (Wildman–Crippen LogP) is 3.87. The zero-order chi connectivity index (χ0) is 23.0. The number of amides is 5. The van der Waals surface area contributed by atoms with Gasteiger partial charge in [-0.25, -0.2) is 4.79 Å². The van der Waals surface area contributed by atoms with Crippen molar-refractivity contribution in [3.8, 4) is 0 Å². The number of rotatable bonds is 4. The van der Waals surface area contributed by atoms with Crippen LogP contribution in [0.25, 0.3) is 0 Å². The summed E-state index contributed by atoms with van der Waals surface area (Å²) in [6, 6.07) is 4.49. The van der Waals surface area contributed by atoms with Gasteiger partial charge in [0.1, 0.15) is 12.1 Å². The zero-order valence-electron chi connectivity index (χ0n) is 18.3. The first-order chi connectivity index (χ1) is 14.4. The normalized spacial score (nSPS) is 23.6. The standard InChI is InChI=1S/C22H29BrN4O4/c1-13(28)24-16-6-5-15(23)11-17(16)25-18(29)12-27-19(30)22(26-20(27)31)9-7-14(8-10-22)21(2,3)4/h5-6,11,14H,7-10,12H2,1-4H3,(H,24,28)(H,25,29)(H,26,31). The monoisotopic (exact) mass is 492 g/mol. The van der Waals surface area contributed by atoms with Crippen LogP contribution in [0, 0.1) is 11.3 Å². The minimum Gasteiger partial charge on any atom is -0.325 e. The summed E-state index contributed by atoms with van der Waals surface area (Å²) in [6.07, 6.45) is 2.87. The summed E-state index contributed by atoms with van der Waals surface area (Å²) in [4.78, 5) is 50.7. The van der Waals surface area contributed by atoms with Gasteiger partial charge in [0.05, 0.1) is 11.4 Å². The van der Waals surface area contributed by atoms with E-state index in [9.17, 15) is 19.2 Å². The fraction of sp³-hybridized carbons (Fsp3) is 0.545. The Bertz CT molecular complexity index is 917. The van der Waals surface area contributed by atoms with Gasteiger partial charge in [0.25, 0.3) is 5.91 Å². The van der Waals surface area contributed by atoms with E-state index in [1.54, 1.807) is 18.2 Å². The second kappa shape index (κ2) is 8.61. The maximum Gasteiger partial charge on any atom is 0.325 e. The smallest absolute Gasteiger partial charge is 0.325 e. The van der Waals surface area contributed by atoms with Crippen molar-refractivity contribution in [3.05, 3.63) is 22.7 Å². The minimum atomic E-state index is -0.907. The van der Waals surface area contributed by atoms with Gasteiger partial charge in [-0.15, -0.1) is 0 Å². The molecule has 0 aromatic heterocycles. The van der Waals surface area contributed by atoms with E-state index < -0.39 is 17.5 Å². The number of nitrogens with zero attached hydrogens (tertiary/aromatic N) is 1. The van der Waals surface area contributed by atoms with E-state index in [2.05, 4.69) is 52.7 Å². The third-order valence-corrected chi connectivity index (χ3v) is 6.67. The van der Waals surface area contributed by atoms with Gasteiger partial charge in [-0.3, -0.25) is 19.3 Å². The zero-order valence-corrected chi connectivity index (χ0v) is 19.9. The van der Waals surface area contributed by atoms with Crippen molar-refractivity contribution in [2.45, 2.75) is 58.9 Å². The van der Waals surface area contributed by atoms with Crippen molar-refractivity contribution in [3.63, 3.8) is 0 Å². The molecule has 3 N–H and O–H groups in total. The quantitative estimate of drug-likeness (QED) is 0.554. The molecule has 2 aliphatic rings. The number of urea groups is 1. The molecule has 1 aliphatic heterocycles. The van der Waals surface area contributed by atoms with Crippen molar-refractivity contribution in [1.29, 1.82) is 0 Å². The third-order valence-electron chi connectivity index (χ3n) is 6.18. The molecule has 0 atom stereocenters. The third kappa shape index (κ3) is 5.08. The van der Waals surface area contributed by atoms with Crippen LogP contribution in [-0.4, -0.2) is 40.7 Å². The molecule has 0 bridgehead atoms.